The normalized spacial score (nSPS) is 12.2. The molecule has 0 heterocycles. The van der Waals surface area contributed by atoms with Crippen LogP contribution in [-0.4, -0.2) is 23.5 Å². The van der Waals surface area contributed by atoms with Gasteiger partial charge in [0, 0.05) is 5.56 Å². The van der Waals surface area contributed by atoms with Crippen molar-refractivity contribution in [2.75, 3.05) is 0 Å². The highest BCUT2D eigenvalue weighted by molar-refractivity contribution is 5.93. The molecule has 0 bridgehead atoms. The molecule has 0 fully saturated rings. The Hall–Kier alpha value is -2.82. The van der Waals surface area contributed by atoms with Crippen LogP contribution in [0.3, 0.4) is 0 Å². The van der Waals surface area contributed by atoms with Crippen molar-refractivity contribution >= 4 is 5.91 Å². The van der Waals surface area contributed by atoms with Gasteiger partial charge in [0.05, 0.1) is 0 Å². The topological polar surface area (TPSA) is 58.6 Å². The van der Waals surface area contributed by atoms with Gasteiger partial charge in [0.2, 0.25) is 0 Å². The molecule has 0 aliphatic carbocycles. The van der Waals surface area contributed by atoms with Crippen molar-refractivity contribution in [2.45, 2.75) is 18.3 Å². The summed E-state index contributed by atoms with van der Waals surface area (Å²) in [5.74, 6) is -6.34. The number of halogens is 7. The molecule has 11 heteroatoms. The number of carbonyl (C=O) groups is 1. The molecule has 0 atom stereocenters. The fraction of sp³-hybridized carbons (Fsp3) is 0.188. The van der Waals surface area contributed by atoms with Crippen molar-refractivity contribution in [2.24, 2.45) is 0 Å². The predicted molar refractivity (Wildman–Crippen MR) is 77.0 cm³/mol. The van der Waals surface area contributed by atoms with Crippen molar-refractivity contribution < 1.29 is 45.5 Å². The summed E-state index contributed by atoms with van der Waals surface area (Å²) in [5, 5.41) is 8.46. The molecule has 2 rings (SSSR count). The van der Waals surface area contributed by atoms with Gasteiger partial charge in [-0.1, -0.05) is 12.1 Å². The van der Waals surface area contributed by atoms with Crippen molar-refractivity contribution in [1.29, 1.82) is 0 Å². The molecule has 4 nitrogen and oxygen atoms in total. The summed E-state index contributed by atoms with van der Waals surface area (Å²) < 4.78 is 95.0. The standard InChI is InChI=1S/C16H10F7NO3/c17-11-7-9(14(25)24-26)3-6-12(11)27-10-4-1-8(2-5-10)13(15(18,19)20)16(21,22)23/h1-7,13,26H,(H,24,25). The van der Waals surface area contributed by atoms with Crippen molar-refractivity contribution in [1.82, 2.24) is 5.48 Å². The summed E-state index contributed by atoms with van der Waals surface area (Å²) >= 11 is 0. The summed E-state index contributed by atoms with van der Waals surface area (Å²) in [5.41, 5.74) is 0.00487. The van der Waals surface area contributed by atoms with E-state index in [1.165, 1.54) is 5.48 Å². The molecule has 0 spiro atoms. The number of amides is 1. The van der Waals surface area contributed by atoms with Gasteiger partial charge in [-0.25, -0.2) is 9.87 Å². The highest BCUT2D eigenvalue weighted by Crippen LogP contribution is 2.46. The van der Waals surface area contributed by atoms with Crippen LogP contribution >= 0.6 is 0 Å². The molecule has 0 saturated carbocycles. The number of rotatable bonds is 4. The molecule has 0 aromatic heterocycles. The van der Waals surface area contributed by atoms with Gasteiger partial charge < -0.3 is 4.74 Å². The number of carbonyl (C=O) groups excluding carboxylic acids is 1. The summed E-state index contributed by atoms with van der Waals surface area (Å²) in [4.78, 5) is 11.1. The van der Waals surface area contributed by atoms with Gasteiger partial charge in [-0.2, -0.15) is 26.3 Å². The van der Waals surface area contributed by atoms with Gasteiger partial charge in [-0.05, 0) is 35.9 Å². The Labute approximate surface area is 147 Å². The third-order valence-corrected chi connectivity index (χ3v) is 3.39. The van der Waals surface area contributed by atoms with E-state index >= 15 is 0 Å². The van der Waals surface area contributed by atoms with Crippen molar-refractivity contribution in [3.05, 3.63) is 59.4 Å². The summed E-state index contributed by atoms with van der Waals surface area (Å²) in [6, 6.07) is 5.61. The average molecular weight is 397 g/mol. The maximum absolute atomic E-state index is 13.9. The molecule has 0 aliphatic rings. The van der Waals surface area contributed by atoms with Crippen LogP contribution in [0.1, 0.15) is 21.8 Å². The Kier molecular flexibility index (Phi) is 5.64. The lowest BCUT2D eigenvalue weighted by molar-refractivity contribution is -0.253. The molecule has 0 aliphatic heterocycles. The Morgan fingerprint density at radius 2 is 1.52 bits per heavy atom. The van der Waals surface area contributed by atoms with Crippen LogP contribution in [-0.2, 0) is 0 Å². The summed E-state index contributed by atoms with van der Waals surface area (Å²) in [7, 11) is 0. The van der Waals surface area contributed by atoms with E-state index in [1.807, 2.05) is 0 Å². The largest absolute Gasteiger partial charge is 0.454 e. The van der Waals surface area contributed by atoms with Crippen LogP contribution < -0.4 is 10.2 Å². The van der Waals surface area contributed by atoms with Gasteiger partial charge in [0.25, 0.3) is 5.91 Å². The second-order valence-electron chi connectivity index (χ2n) is 5.27. The molecule has 2 aromatic rings. The summed E-state index contributed by atoms with van der Waals surface area (Å²) in [6.07, 6.45) is -11.1. The highest BCUT2D eigenvalue weighted by atomic mass is 19.4. The molecule has 27 heavy (non-hydrogen) atoms. The average Bonchev–Trinajstić information content (AvgIpc) is 2.55. The fourth-order valence-corrected chi connectivity index (χ4v) is 2.21. The van der Waals surface area contributed by atoms with Gasteiger partial charge >= 0.3 is 12.4 Å². The van der Waals surface area contributed by atoms with Gasteiger partial charge in [0.1, 0.15) is 5.75 Å². The lowest BCUT2D eigenvalue weighted by atomic mass is 9.98. The smallest absolute Gasteiger partial charge is 0.404 e. The van der Waals surface area contributed by atoms with E-state index in [2.05, 4.69) is 0 Å². The quantitative estimate of drug-likeness (QED) is 0.436. The molecule has 0 radical (unpaired) electrons. The molecule has 1 amide bonds. The zero-order chi connectivity index (χ0) is 20.4. The minimum atomic E-state index is -5.53. The highest BCUT2D eigenvalue weighted by Gasteiger charge is 2.57. The Bertz CT molecular complexity index is 802. The van der Waals surface area contributed by atoms with Crippen LogP contribution in [0.15, 0.2) is 42.5 Å². The fourth-order valence-electron chi connectivity index (χ4n) is 2.21. The maximum Gasteiger partial charge on any atom is 0.404 e. The number of alkyl halides is 6. The van der Waals surface area contributed by atoms with Crippen LogP contribution in [0.25, 0.3) is 0 Å². The van der Waals surface area contributed by atoms with E-state index in [4.69, 9.17) is 9.94 Å². The first-order valence-corrected chi connectivity index (χ1v) is 7.08. The second kappa shape index (κ2) is 7.43. The molecular formula is C16H10F7NO3. The third-order valence-electron chi connectivity index (χ3n) is 3.39. The van der Waals surface area contributed by atoms with E-state index in [1.54, 1.807) is 0 Å². The predicted octanol–water partition coefficient (Wildman–Crippen LogP) is 4.95. The molecule has 0 saturated heterocycles. The zero-order valence-electron chi connectivity index (χ0n) is 13.0. The number of hydroxylamine groups is 1. The monoisotopic (exact) mass is 397 g/mol. The third kappa shape index (κ3) is 4.88. The van der Waals surface area contributed by atoms with Crippen molar-refractivity contribution in [3.8, 4) is 11.5 Å². The molecule has 146 valence electrons. The first-order chi connectivity index (χ1) is 12.4. The minimum Gasteiger partial charge on any atom is -0.454 e. The molecule has 2 N–H and O–H groups in total. The van der Waals surface area contributed by atoms with E-state index in [9.17, 15) is 35.5 Å². The molecule has 0 unspecified atom stereocenters. The molecule has 2 aromatic carbocycles. The number of benzene rings is 2. The number of hydrogen-bond donors (Lipinski definition) is 2. The Morgan fingerprint density at radius 1 is 0.963 bits per heavy atom. The summed E-state index contributed by atoms with van der Waals surface area (Å²) in [6.45, 7) is 0. The van der Waals surface area contributed by atoms with Crippen LogP contribution in [0.2, 0.25) is 0 Å². The Balaban J connectivity index is 2.24. The van der Waals surface area contributed by atoms with Gasteiger partial charge in [-0.15, -0.1) is 0 Å². The van der Waals surface area contributed by atoms with E-state index in [0.717, 1.165) is 30.3 Å². The number of nitrogens with one attached hydrogen (secondary N) is 1. The van der Waals surface area contributed by atoms with Crippen LogP contribution in [0.4, 0.5) is 30.7 Å². The SMILES string of the molecule is O=C(NO)c1ccc(Oc2ccc(C(C(F)(F)F)C(F)(F)F)cc2)c(F)c1. The van der Waals surface area contributed by atoms with E-state index in [0.29, 0.717) is 12.1 Å². The Morgan fingerprint density at radius 3 is 1.96 bits per heavy atom. The van der Waals surface area contributed by atoms with Gasteiger partial charge in [0.15, 0.2) is 17.5 Å². The van der Waals surface area contributed by atoms with Crippen LogP contribution in [0.5, 0.6) is 11.5 Å². The second-order valence-corrected chi connectivity index (χ2v) is 5.27. The van der Waals surface area contributed by atoms with Crippen LogP contribution in [0, 0.1) is 5.82 Å². The lowest BCUT2D eigenvalue weighted by Crippen LogP contribution is -2.34. The maximum atomic E-state index is 13.9. The van der Waals surface area contributed by atoms with Gasteiger partial charge in [-0.3, -0.25) is 10.0 Å². The first kappa shape index (κ1) is 20.5. The van der Waals surface area contributed by atoms with E-state index < -0.39 is 41.3 Å². The number of hydrogen-bond acceptors (Lipinski definition) is 3. The van der Waals surface area contributed by atoms with Crippen molar-refractivity contribution in [3.63, 3.8) is 0 Å². The number of ether oxygens (including phenoxy) is 1. The first-order valence-electron chi connectivity index (χ1n) is 7.08. The minimum absolute atomic E-state index is 0.222. The van der Waals surface area contributed by atoms with E-state index in [-0.39, 0.29) is 11.3 Å². The lowest BCUT2D eigenvalue weighted by Gasteiger charge is -2.23. The molecular weight excluding hydrogens is 387 g/mol. The zero-order valence-corrected chi connectivity index (χ0v) is 13.0.